The molecular weight excluding hydrogens is 120 g/mol. The van der Waals surface area contributed by atoms with E-state index < -0.39 is 6.17 Å². The second-order valence-corrected chi connectivity index (χ2v) is 1.46. The molecule has 0 rings (SSSR count). The van der Waals surface area contributed by atoms with Gasteiger partial charge >= 0.3 is 0 Å². The molecule has 0 aliphatic rings. The van der Waals surface area contributed by atoms with E-state index in [0.717, 1.165) is 0 Å². The molecule has 0 aromatic rings. The molecule has 0 amide bonds. The highest BCUT2D eigenvalue weighted by molar-refractivity contribution is 4.82. The zero-order valence-corrected chi connectivity index (χ0v) is 5.08. The Morgan fingerprint density at radius 1 is 1.89 bits per heavy atom. The van der Waals surface area contributed by atoms with Crippen LogP contribution in [-0.4, -0.2) is 24.4 Å². The molecule has 0 fully saturated rings. The summed E-state index contributed by atoms with van der Waals surface area (Å²) in [4.78, 5) is 9.78. The van der Waals surface area contributed by atoms with Gasteiger partial charge in [0.25, 0.3) is 0 Å². The van der Waals surface area contributed by atoms with Gasteiger partial charge in [-0.15, -0.1) is 4.91 Å². The molecule has 2 N–H and O–H groups in total. The normalized spacial score (nSPS) is 12.6. The van der Waals surface area contributed by atoms with Crippen LogP contribution in [0.2, 0.25) is 0 Å². The SMILES string of the molecule is C=CC(N=O)NCCO. The van der Waals surface area contributed by atoms with Crippen LogP contribution >= 0.6 is 0 Å². The topological polar surface area (TPSA) is 61.7 Å². The summed E-state index contributed by atoms with van der Waals surface area (Å²) in [5, 5.41) is 13.5. The fourth-order valence-corrected chi connectivity index (χ4v) is 0.376. The maximum atomic E-state index is 9.78. The molecule has 0 spiro atoms. The highest BCUT2D eigenvalue weighted by Crippen LogP contribution is 1.82. The Kier molecular flexibility index (Phi) is 4.95. The number of nitrogens with zero attached hydrogens (tertiary/aromatic N) is 1. The predicted molar refractivity (Wildman–Crippen MR) is 34.9 cm³/mol. The largest absolute Gasteiger partial charge is 0.395 e. The van der Waals surface area contributed by atoms with E-state index in [9.17, 15) is 4.91 Å². The van der Waals surface area contributed by atoms with E-state index in [1.807, 2.05) is 0 Å². The minimum absolute atomic E-state index is 0.000139. The van der Waals surface area contributed by atoms with E-state index >= 15 is 0 Å². The summed E-state index contributed by atoms with van der Waals surface area (Å²) in [6.07, 6.45) is 0.806. The third kappa shape index (κ3) is 3.81. The Hall–Kier alpha value is -0.740. The fourth-order valence-electron chi connectivity index (χ4n) is 0.376. The maximum absolute atomic E-state index is 9.78. The zero-order valence-electron chi connectivity index (χ0n) is 5.08. The van der Waals surface area contributed by atoms with E-state index in [-0.39, 0.29) is 6.61 Å². The summed E-state index contributed by atoms with van der Waals surface area (Å²) in [6.45, 7) is 3.71. The standard InChI is InChI=1S/C5H10N2O2/c1-2-5(7-9)6-3-4-8/h2,5-6,8H,1,3-4H2. The lowest BCUT2D eigenvalue weighted by atomic mass is 10.5. The Morgan fingerprint density at radius 3 is 2.89 bits per heavy atom. The van der Waals surface area contributed by atoms with Gasteiger partial charge in [0.2, 0.25) is 0 Å². The molecule has 52 valence electrons. The summed E-state index contributed by atoms with van der Waals surface area (Å²) >= 11 is 0. The molecule has 0 saturated heterocycles. The maximum Gasteiger partial charge on any atom is 0.160 e. The molecule has 0 aliphatic heterocycles. The van der Waals surface area contributed by atoms with Crippen molar-refractivity contribution in [1.29, 1.82) is 0 Å². The summed E-state index contributed by atoms with van der Waals surface area (Å²) in [7, 11) is 0. The quantitative estimate of drug-likeness (QED) is 0.401. The van der Waals surface area contributed by atoms with Crippen molar-refractivity contribution in [2.45, 2.75) is 6.17 Å². The fraction of sp³-hybridized carbons (Fsp3) is 0.600. The molecule has 1 unspecified atom stereocenters. The van der Waals surface area contributed by atoms with E-state index in [1.54, 1.807) is 0 Å². The van der Waals surface area contributed by atoms with Gasteiger partial charge in [0.05, 0.1) is 6.61 Å². The van der Waals surface area contributed by atoms with Crippen molar-refractivity contribution in [3.63, 3.8) is 0 Å². The van der Waals surface area contributed by atoms with Gasteiger partial charge in [-0.05, 0) is 11.3 Å². The van der Waals surface area contributed by atoms with E-state index in [4.69, 9.17) is 5.11 Å². The predicted octanol–water partition coefficient (Wildman–Crippen LogP) is -0.153. The van der Waals surface area contributed by atoms with Gasteiger partial charge in [-0.1, -0.05) is 6.58 Å². The van der Waals surface area contributed by atoms with Crippen molar-refractivity contribution in [2.24, 2.45) is 5.18 Å². The first-order valence-electron chi connectivity index (χ1n) is 2.64. The highest BCUT2D eigenvalue weighted by atomic mass is 16.3. The smallest absolute Gasteiger partial charge is 0.160 e. The van der Waals surface area contributed by atoms with Crippen LogP contribution in [0, 0.1) is 4.91 Å². The third-order valence-electron chi connectivity index (χ3n) is 0.802. The van der Waals surface area contributed by atoms with Crippen LogP contribution in [-0.2, 0) is 0 Å². The third-order valence-corrected chi connectivity index (χ3v) is 0.802. The lowest BCUT2D eigenvalue weighted by molar-refractivity contribution is 0.289. The van der Waals surface area contributed by atoms with E-state index in [0.29, 0.717) is 6.54 Å². The Bertz CT molecular complexity index is 87.0. The monoisotopic (exact) mass is 130 g/mol. The molecule has 4 heteroatoms. The average molecular weight is 130 g/mol. The number of hydrogen-bond donors (Lipinski definition) is 2. The number of rotatable bonds is 5. The van der Waals surface area contributed by atoms with Crippen LogP contribution in [0.15, 0.2) is 17.8 Å². The summed E-state index contributed by atoms with van der Waals surface area (Å²) in [5.74, 6) is 0. The summed E-state index contributed by atoms with van der Waals surface area (Å²) < 4.78 is 0. The molecule has 0 saturated carbocycles. The Labute approximate surface area is 53.5 Å². The lowest BCUT2D eigenvalue weighted by Gasteiger charge is -2.02. The average Bonchev–Trinajstić information content (AvgIpc) is 1.91. The van der Waals surface area contributed by atoms with Crippen LogP contribution in [0.1, 0.15) is 0 Å². The molecule has 0 aromatic carbocycles. The van der Waals surface area contributed by atoms with Crippen LogP contribution < -0.4 is 5.32 Å². The second kappa shape index (κ2) is 5.40. The lowest BCUT2D eigenvalue weighted by Crippen LogP contribution is -2.27. The van der Waals surface area contributed by atoms with Gasteiger partial charge in [-0.2, -0.15) is 0 Å². The van der Waals surface area contributed by atoms with Crippen molar-refractivity contribution >= 4 is 0 Å². The van der Waals surface area contributed by atoms with Crippen LogP contribution in [0.5, 0.6) is 0 Å². The number of nitrogens with one attached hydrogen (secondary N) is 1. The molecule has 0 bridgehead atoms. The highest BCUT2D eigenvalue weighted by Gasteiger charge is 1.97. The molecule has 0 aliphatic carbocycles. The Morgan fingerprint density at radius 2 is 2.56 bits per heavy atom. The van der Waals surface area contributed by atoms with E-state index in [2.05, 4.69) is 17.1 Å². The first-order valence-corrected chi connectivity index (χ1v) is 2.64. The van der Waals surface area contributed by atoms with Crippen molar-refractivity contribution in [1.82, 2.24) is 5.32 Å². The van der Waals surface area contributed by atoms with E-state index in [1.165, 1.54) is 6.08 Å². The van der Waals surface area contributed by atoms with Gasteiger partial charge in [0, 0.05) is 6.54 Å². The summed E-state index contributed by atoms with van der Waals surface area (Å²) in [5.41, 5.74) is 0. The van der Waals surface area contributed by atoms with Crippen LogP contribution in [0.4, 0.5) is 0 Å². The first kappa shape index (κ1) is 8.26. The molecule has 1 atom stereocenters. The summed E-state index contributed by atoms with van der Waals surface area (Å²) in [6, 6.07) is 0. The molecule has 0 radical (unpaired) electrons. The second-order valence-electron chi connectivity index (χ2n) is 1.46. The minimum Gasteiger partial charge on any atom is -0.395 e. The van der Waals surface area contributed by atoms with Gasteiger partial charge in [-0.3, -0.25) is 5.32 Å². The van der Waals surface area contributed by atoms with Crippen molar-refractivity contribution < 1.29 is 5.11 Å². The van der Waals surface area contributed by atoms with Gasteiger partial charge in [-0.25, -0.2) is 0 Å². The number of aliphatic hydroxyl groups excluding tert-OH is 1. The van der Waals surface area contributed by atoms with Crippen molar-refractivity contribution in [2.75, 3.05) is 13.2 Å². The van der Waals surface area contributed by atoms with Crippen LogP contribution in [0.25, 0.3) is 0 Å². The van der Waals surface area contributed by atoms with Crippen molar-refractivity contribution in [3.05, 3.63) is 17.6 Å². The molecular formula is C5H10N2O2. The minimum atomic E-state index is -0.572. The first-order chi connectivity index (χ1) is 4.35. The van der Waals surface area contributed by atoms with Gasteiger partial charge in [0.15, 0.2) is 6.17 Å². The number of nitroso groups, excluding NO2 is 1. The molecule has 0 heterocycles. The van der Waals surface area contributed by atoms with Gasteiger partial charge < -0.3 is 5.11 Å². The Balaban J connectivity index is 3.30. The van der Waals surface area contributed by atoms with Crippen molar-refractivity contribution in [3.8, 4) is 0 Å². The molecule has 4 nitrogen and oxygen atoms in total. The number of aliphatic hydroxyl groups is 1. The van der Waals surface area contributed by atoms with Crippen LogP contribution in [0.3, 0.4) is 0 Å². The molecule has 0 aromatic heterocycles. The zero-order chi connectivity index (χ0) is 7.11. The molecule has 9 heavy (non-hydrogen) atoms. The van der Waals surface area contributed by atoms with Gasteiger partial charge in [0.1, 0.15) is 0 Å². The number of hydrogen-bond acceptors (Lipinski definition) is 4.